The summed E-state index contributed by atoms with van der Waals surface area (Å²) in [5, 5.41) is 17.2. The molecule has 0 amide bonds. The molecule has 0 spiro atoms. The summed E-state index contributed by atoms with van der Waals surface area (Å²) >= 11 is 5.56. The van der Waals surface area contributed by atoms with Gasteiger partial charge in [-0.15, -0.1) is 21.5 Å². The minimum absolute atomic E-state index is 0.0678. The standard InChI is InChI=1S/C18H24N6S3/c1-3-9-25-17-21-19-14-13-11-7-5-6-8-12(11)27-15(13)24-16(23(14)17)20-22-18(24)26-10-4-2/h14,19H,3-10H2,1-2H3. The number of aryl methyl sites for hydroxylation is 1. The SMILES string of the molecule is CCCSC1=NNC2c3c(sc4c3CCCC4)-n3c(SCCC)nnc3N12. The van der Waals surface area contributed by atoms with E-state index in [0.29, 0.717) is 0 Å². The van der Waals surface area contributed by atoms with E-state index in [0.717, 1.165) is 40.6 Å². The number of hydrogen-bond donors (Lipinski definition) is 1. The maximum Gasteiger partial charge on any atom is 0.241 e. The highest BCUT2D eigenvalue weighted by molar-refractivity contribution is 8.14. The second-order valence-corrected chi connectivity index (χ2v) is 10.2. The number of hydrogen-bond acceptors (Lipinski definition) is 8. The van der Waals surface area contributed by atoms with Gasteiger partial charge in [0.25, 0.3) is 0 Å². The number of nitrogens with zero attached hydrogens (tertiary/aromatic N) is 5. The molecular formula is C18H24N6S3. The average Bonchev–Trinajstić information content (AvgIpc) is 3.38. The normalized spacial score (nSPS) is 19.9. The predicted molar refractivity (Wildman–Crippen MR) is 115 cm³/mol. The average molecular weight is 421 g/mol. The molecule has 5 rings (SSSR count). The van der Waals surface area contributed by atoms with E-state index in [-0.39, 0.29) is 6.17 Å². The summed E-state index contributed by atoms with van der Waals surface area (Å²) < 4.78 is 2.30. The van der Waals surface area contributed by atoms with Crippen LogP contribution in [0.5, 0.6) is 0 Å². The van der Waals surface area contributed by atoms with Gasteiger partial charge in [-0.2, -0.15) is 5.10 Å². The zero-order valence-corrected chi connectivity index (χ0v) is 18.1. The molecule has 0 bridgehead atoms. The molecule has 0 radical (unpaired) electrons. The zero-order chi connectivity index (χ0) is 18.4. The van der Waals surface area contributed by atoms with Crippen LogP contribution in [0.2, 0.25) is 0 Å². The van der Waals surface area contributed by atoms with Gasteiger partial charge in [-0.1, -0.05) is 37.4 Å². The monoisotopic (exact) mass is 420 g/mol. The van der Waals surface area contributed by atoms with E-state index in [1.54, 1.807) is 34.0 Å². The van der Waals surface area contributed by atoms with Crippen molar-refractivity contribution >= 4 is 46.0 Å². The molecule has 1 unspecified atom stereocenters. The van der Waals surface area contributed by atoms with E-state index >= 15 is 0 Å². The minimum atomic E-state index is 0.0678. The van der Waals surface area contributed by atoms with Gasteiger partial charge in [-0.25, -0.2) is 4.57 Å². The highest BCUT2D eigenvalue weighted by Gasteiger charge is 2.44. The predicted octanol–water partition coefficient (Wildman–Crippen LogP) is 4.55. The zero-order valence-electron chi connectivity index (χ0n) is 15.7. The van der Waals surface area contributed by atoms with Gasteiger partial charge in [0, 0.05) is 21.9 Å². The summed E-state index contributed by atoms with van der Waals surface area (Å²) in [4.78, 5) is 3.82. The van der Waals surface area contributed by atoms with Crippen LogP contribution >= 0.6 is 34.9 Å². The van der Waals surface area contributed by atoms with Crippen molar-refractivity contribution in [3.05, 3.63) is 16.0 Å². The molecular weight excluding hydrogens is 396 g/mol. The summed E-state index contributed by atoms with van der Waals surface area (Å²) in [6.07, 6.45) is 7.30. The van der Waals surface area contributed by atoms with Crippen LogP contribution in [0.15, 0.2) is 10.3 Å². The van der Waals surface area contributed by atoms with Gasteiger partial charge < -0.3 is 0 Å². The summed E-state index contributed by atoms with van der Waals surface area (Å²) in [5.41, 5.74) is 6.38. The number of anilines is 1. The first kappa shape index (κ1) is 17.9. The lowest BCUT2D eigenvalue weighted by Gasteiger charge is -2.32. The fourth-order valence-corrected chi connectivity index (χ4v) is 7.03. The molecule has 0 saturated carbocycles. The molecule has 2 aliphatic heterocycles. The third kappa shape index (κ3) is 2.81. The summed E-state index contributed by atoms with van der Waals surface area (Å²) in [7, 11) is 0. The summed E-state index contributed by atoms with van der Waals surface area (Å²) in [6, 6.07) is 0. The lowest BCUT2D eigenvalue weighted by atomic mass is 9.94. The molecule has 0 saturated heterocycles. The molecule has 0 aromatic carbocycles. The van der Waals surface area contributed by atoms with Crippen LogP contribution in [0.1, 0.15) is 61.7 Å². The number of aromatic nitrogens is 3. The maximum absolute atomic E-state index is 4.69. The molecule has 1 N–H and O–H groups in total. The minimum Gasteiger partial charge on any atom is -0.280 e. The lowest BCUT2D eigenvalue weighted by molar-refractivity contribution is 0.576. The van der Waals surface area contributed by atoms with Crippen LogP contribution in [-0.2, 0) is 12.8 Å². The molecule has 144 valence electrons. The van der Waals surface area contributed by atoms with Crippen LogP contribution in [0.25, 0.3) is 5.00 Å². The molecule has 0 fully saturated rings. The molecule has 9 heteroatoms. The van der Waals surface area contributed by atoms with Gasteiger partial charge >= 0.3 is 0 Å². The smallest absolute Gasteiger partial charge is 0.241 e. The fraction of sp³-hybridized carbons (Fsp3) is 0.611. The Bertz CT molecular complexity index is 886. The Morgan fingerprint density at radius 2 is 1.93 bits per heavy atom. The Labute approximate surface area is 172 Å². The molecule has 4 heterocycles. The van der Waals surface area contributed by atoms with E-state index in [9.17, 15) is 0 Å². The van der Waals surface area contributed by atoms with Crippen molar-refractivity contribution in [1.29, 1.82) is 0 Å². The van der Waals surface area contributed by atoms with E-state index in [2.05, 4.69) is 44.0 Å². The van der Waals surface area contributed by atoms with E-state index in [1.807, 2.05) is 11.3 Å². The molecule has 1 aliphatic carbocycles. The van der Waals surface area contributed by atoms with Gasteiger partial charge in [0.15, 0.2) is 16.5 Å². The Morgan fingerprint density at radius 1 is 1.11 bits per heavy atom. The number of hydrazone groups is 1. The number of nitrogens with one attached hydrogen (secondary N) is 1. The van der Waals surface area contributed by atoms with Crippen molar-refractivity contribution in [1.82, 2.24) is 20.2 Å². The molecule has 6 nitrogen and oxygen atoms in total. The number of thioether (sulfide) groups is 2. The molecule has 2 aromatic rings. The highest BCUT2D eigenvalue weighted by atomic mass is 32.2. The molecule has 1 atom stereocenters. The third-order valence-electron chi connectivity index (χ3n) is 5.12. The van der Waals surface area contributed by atoms with Crippen molar-refractivity contribution in [3.8, 4) is 5.00 Å². The largest absolute Gasteiger partial charge is 0.280 e. The molecule has 3 aliphatic rings. The second-order valence-electron chi connectivity index (χ2n) is 7.04. The first-order valence-electron chi connectivity index (χ1n) is 9.81. The van der Waals surface area contributed by atoms with Gasteiger partial charge in [0.1, 0.15) is 5.00 Å². The van der Waals surface area contributed by atoms with Crippen molar-refractivity contribution in [2.24, 2.45) is 5.10 Å². The summed E-state index contributed by atoms with van der Waals surface area (Å²) in [6.45, 7) is 4.42. The van der Waals surface area contributed by atoms with Crippen molar-refractivity contribution < 1.29 is 0 Å². The molecule has 2 aromatic heterocycles. The van der Waals surface area contributed by atoms with E-state index < -0.39 is 0 Å². The number of fused-ring (bicyclic) bond motifs is 8. The molecule has 27 heavy (non-hydrogen) atoms. The highest BCUT2D eigenvalue weighted by Crippen LogP contribution is 2.49. The van der Waals surface area contributed by atoms with E-state index in [1.165, 1.54) is 36.2 Å². The van der Waals surface area contributed by atoms with Gasteiger partial charge in [-0.05, 0) is 44.1 Å². The number of rotatable bonds is 5. The number of amidine groups is 1. The third-order valence-corrected chi connectivity index (χ3v) is 8.70. The summed E-state index contributed by atoms with van der Waals surface area (Å²) in [5.74, 6) is 3.03. The van der Waals surface area contributed by atoms with Gasteiger partial charge in [-0.3, -0.25) is 10.3 Å². The van der Waals surface area contributed by atoms with E-state index in [4.69, 9.17) is 0 Å². The Kier molecular flexibility index (Phi) is 4.85. The van der Waals surface area contributed by atoms with Crippen molar-refractivity contribution in [2.75, 3.05) is 16.4 Å². The van der Waals surface area contributed by atoms with Crippen LogP contribution in [-0.4, -0.2) is 31.4 Å². The van der Waals surface area contributed by atoms with Crippen LogP contribution in [0.3, 0.4) is 0 Å². The van der Waals surface area contributed by atoms with Crippen LogP contribution in [0, 0.1) is 0 Å². The lowest BCUT2D eigenvalue weighted by Crippen LogP contribution is -2.38. The van der Waals surface area contributed by atoms with Gasteiger partial charge in [0.2, 0.25) is 5.95 Å². The maximum atomic E-state index is 4.69. The first-order valence-corrected chi connectivity index (χ1v) is 12.6. The van der Waals surface area contributed by atoms with Crippen LogP contribution < -0.4 is 10.3 Å². The van der Waals surface area contributed by atoms with Crippen LogP contribution in [0.4, 0.5) is 5.95 Å². The Balaban J connectivity index is 1.64. The topological polar surface area (TPSA) is 58.3 Å². The first-order chi connectivity index (χ1) is 13.3. The Morgan fingerprint density at radius 3 is 2.78 bits per heavy atom. The Hall–Kier alpha value is -1.19. The second kappa shape index (κ2) is 7.33. The fourth-order valence-electron chi connectivity index (χ4n) is 3.94. The number of thiophene rings is 1. The van der Waals surface area contributed by atoms with Gasteiger partial charge in [0.05, 0.1) is 0 Å². The van der Waals surface area contributed by atoms with Crippen molar-refractivity contribution in [2.45, 2.75) is 63.7 Å². The quantitative estimate of drug-likeness (QED) is 0.717. The van der Waals surface area contributed by atoms with Crippen molar-refractivity contribution in [3.63, 3.8) is 0 Å².